The molecule has 0 unspecified atom stereocenters. The number of aromatic nitrogens is 4. The molecule has 208 valence electrons. The first kappa shape index (κ1) is 27.0. The first-order valence-corrected chi connectivity index (χ1v) is 12.8. The fourth-order valence-electron chi connectivity index (χ4n) is 4.97. The fraction of sp³-hybridized carbons (Fsp3) is 0.286. The normalized spacial score (nSPS) is 17.2. The van der Waals surface area contributed by atoms with Gasteiger partial charge in [-0.05, 0) is 38.1 Å². The molecule has 3 N–H and O–H groups in total. The first-order valence-electron chi connectivity index (χ1n) is 12.8. The zero-order valence-electron chi connectivity index (χ0n) is 22.4. The van der Waals surface area contributed by atoms with Crippen molar-refractivity contribution in [3.63, 3.8) is 0 Å². The van der Waals surface area contributed by atoms with Gasteiger partial charge < -0.3 is 25.6 Å². The summed E-state index contributed by atoms with van der Waals surface area (Å²) in [5.74, 6) is -0.160. The predicted molar refractivity (Wildman–Crippen MR) is 151 cm³/mol. The summed E-state index contributed by atoms with van der Waals surface area (Å²) < 4.78 is 33.8. The number of piperazine rings is 1. The molecule has 0 spiro atoms. The second-order valence-corrected chi connectivity index (χ2v) is 9.77. The van der Waals surface area contributed by atoms with Crippen LogP contribution in [-0.4, -0.2) is 57.4 Å². The number of carbonyl (C=O) groups excluding carboxylic acids is 1. The number of aryl methyl sites for hydroxylation is 1. The van der Waals surface area contributed by atoms with E-state index in [-0.39, 0.29) is 23.5 Å². The van der Waals surface area contributed by atoms with E-state index in [4.69, 9.17) is 4.74 Å². The van der Waals surface area contributed by atoms with Crippen LogP contribution in [0.1, 0.15) is 13.8 Å². The lowest BCUT2D eigenvalue weighted by atomic mass is 10.1. The van der Waals surface area contributed by atoms with E-state index in [2.05, 4.69) is 37.6 Å². The standard InChI is InChI=1S/C28H30F2N8O2/c1-5-27(39)36-21-9-22(25(40-28(29)30)11-24(21)38-13-16(2)34-17(3)14-38)35-26-10-20(31-15-32-26)18-6-7-23-19(8-18)12-33-37(23)4/h5-12,15-17,28,34H,1,13-14H2,2-4H3,(H,36,39)(H,31,32,35)/t16-,17+. The molecule has 1 aliphatic heterocycles. The zero-order chi connectivity index (χ0) is 28.4. The Labute approximate surface area is 230 Å². The Hall–Kier alpha value is -4.58. The van der Waals surface area contributed by atoms with Gasteiger partial charge in [0.1, 0.15) is 12.1 Å². The van der Waals surface area contributed by atoms with Crippen molar-refractivity contribution in [2.24, 2.45) is 7.05 Å². The molecule has 2 aromatic carbocycles. The third kappa shape index (κ3) is 5.86. The molecule has 0 aliphatic carbocycles. The maximum Gasteiger partial charge on any atom is 0.387 e. The number of nitrogens with one attached hydrogen (secondary N) is 3. The smallest absolute Gasteiger partial charge is 0.387 e. The quantitative estimate of drug-likeness (QED) is 0.272. The second kappa shape index (κ2) is 11.3. The molecular formula is C28H30F2N8O2. The molecule has 4 aromatic rings. The van der Waals surface area contributed by atoms with Gasteiger partial charge in [-0.2, -0.15) is 13.9 Å². The van der Waals surface area contributed by atoms with E-state index >= 15 is 0 Å². The number of nitrogens with zero attached hydrogens (tertiary/aromatic N) is 5. The van der Waals surface area contributed by atoms with E-state index in [0.717, 1.165) is 22.5 Å². The van der Waals surface area contributed by atoms with Gasteiger partial charge in [0.2, 0.25) is 5.91 Å². The van der Waals surface area contributed by atoms with Crippen molar-refractivity contribution in [2.75, 3.05) is 28.6 Å². The van der Waals surface area contributed by atoms with Gasteiger partial charge in [0.25, 0.3) is 0 Å². The van der Waals surface area contributed by atoms with Crippen LogP contribution < -0.4 is 25.6 Å². The number of fused-ring (bicyclic) bond motifs is 1. The number of rotatable bonds is 8. The molecule has 1 aliphatic rings. The number of halogens is 2. The third-order valence-electron chi connectivity index (χ3n) is 6.63. The zero-order valence-corrected chi connectivity index (χ0v) is 22.4. The predicted octanol–water partition coefficient (Wildman–Crippen LogP) is 4.69. The minimum absolute atomic E-state index is 0.0858. The van der Waals surface area contributed by atoms with Crippen molar-refractivity contribution < 1.29 is 18.3 Å². The van der Waals surface area contributed by atoms with Crippen LogP contribution in [0.3, 0.4) is 0 Å². The molecule has 0 radical (unpaired) electrons. The Morgan fingerprint density at radius 3 is 2.65 bits per heavy atom. The van der Waals surface area contributed by atoms with Gasteiger partial charge in [-0.1, -0.05) is 12.6 Å². The molecule has 2 atom stereocenters. The SMILES string of the molecule is C=CC(=O)Nc1cc(Nc2cc(-c3ccc4c(cnn4C)c3)ncn2)c(OC(F)F)cc1N1C[C@@H](C)N[C@@H](C)C1. The van der Waals surface area contributed by atoms with Crippen molar-refractivity contribution in [2.45, 2.75) is 32.5 Å². The second-order valence-electron chi connectivity index (χ2n) is 9.77. The fourth-order valence-corrected chi connectivity index (χ4v) is 4.97. The Morgan fingerprint density at radius 2 is 1.93 bits per heavy atom. The number of hydrogen-bond donors (Lipinski definition) is 3. The lowest BCUT2D eigenvalue weighted by Crippen LogP contribution is -2.54. The van der Waals surface area contributed by atoms with E-state index in [0.29, 0.717) is 36.0 Å². The molecule has 1 fully saturated rings. The van der Waals surface area contributed by atoms with Crippen molar-refractivity contribution >= 4 is 39.7 Å². The molecule has 0 saturated carbocycles. The van der Waals surface area contributed by atoms with Crippen LogP contribution in [0.2, 0.25) is 0 Å². The Bertz CT molecular complexity index is 1550. The molecule has 10 nitrogen and oxygen atoms in total. The van der Waals surface area contributed by atoms with Crippen molar-refractivity contribution in [3.8, 4) is 17.0 Å². The van der Waals surface area contributed by atoms with Crippen LogP contribution in [0.4, 0.5) is 31.7 Å². The summed E-state index contributed by atoms with van der Waals surface area (Å²) in [4.78, 5) is 23.0. The number of amides is 1. The largest absolute Gasteiger partial charge is 0.433 e. The van der Waals surface area contributed by atoms with Gasteiger partial charge in [-0.3, -0.25) is 9.48 Å². The highest BCUT2D eigenvalue weighted by molar-refractivity contribution is 6.02. The topological polar surface area (TPSA) is 109 Å². The van der Waals surface area contributed by atoms with E-state index in [1.165, 1.54) is 12.4 Å². The maximum atomic E-state index is 13.5. The van der Waals surface area contributed by atoms with E-state index < -0.39 is 12.5 Å². The molecule has 12 heteroatoms. The van der Waals surface area contributed by atoms with Crippen LogP contribution in [0.25, 0.3) is 22.2 Å². The van der Waals surface area contributed by atoms with Gasteiger partial charge in [-0.15, -0.1) is 0 Å². The van der Waals surface area contributed by atoms with Gasteiger partial charge >= 0.3 is 6.61 Å². The van der Waals surface area contributed by atoms with E-state index in [9.17, 15) is 13.6 Å². The molecule has 5 rings (SSSR count). The summed E-state index contributed by atoms with van der Waals surface area (Å²) >= 11 is 0. The number of hydrogen-bond acceptors (Lipinski definition) is 8. The van der Waals surface area contributed by atoms with Crippen molar-refractivity contribution in [1.29, 1.82) is 0 Å². The summed E-state index contributed by atoms with van der Waals surface area (Å²) in [6, 6.07) is 10.9. The number of ether oxygens (including phenoxy) is 1. The number of benzene rings is 2. The van der Waals surface area contributed by atoms with E-state index in [1.807, 2.05) is 44.0 Å². The molecule has 3 heterocycles. The third-order valence-corrected chi connectivity index (χ3v) is 6.63. The summed E-state index contributed by atoms with van der Waals surface area (Å²) in [5.41, 5.74) is 3.63. The highest BCUT2D eigenvalue weighted by atomic mass is 19.3. The highest BCUT2D eigenvalue weighted by Crippen LogP contribution is 2.40. The van der Waals surface area contributed by atoms with Gasteiger partial charge in [0, 0.05) is 55.3 Å². The van der Waals surface area contributed by atoms with Crippen LogP contribution >= 0.6 is 0 Å². The summed E-state index contributed by atoms with van der Waals surface area (Å²) in [5, 5.41) is 14.6. The van der Waals surface area contributed by atoms with Gasteiger partial charge in [-0.25, -0.2) is 9.97 Å². The highest BCUT2D eigenvalue weighted by Gasteiger charge is 2.26. The minimum atomic E-state index is -3.06. The Kier molecular flexibility index (Phi) is 7.60. The Morgan fingerprint density at radius 1 is 1.15 bits per heavy atom. The van der Waals surface area contributed by atoms with Crippen LogP contribution in [-0.2, 0) is 11.8 Å². The summed E-state index contributed by atoms with van der Waals surface area (Å²) in [7, 11) is 1.87. The molecule has 1 saturated heterocycles. The number of carbonyl (C=O) groups is 1. The first-order chi connectivity index (χ1) is 19.2. The lowest BCUT2D eigenvalue weighted by Gasteiger charge is -2.38. The molecule has 40 heavy (non-hydrogen) atoms. The summed E-state index contributed by atoms with van der Waals surface area (Å²) in [6.07, 6.45) is 4.31. The average molecular weight is 549 g/mol. The lowest BCUT2D eigenvalue weighted by molar-refractivity contribution is -0.111. The van der Waals surface area contributed by atoms with Crippen LogP contribution in [0.15, 0.2) is 61.6 Å². The number of anilines is 4. The minimum Gasteiger partial charge on any atom is -0.433 e. The van der Waals surface area contributed by atoms with Crippen molar-refractivity contribution in [3.05, 3.63) is 61.6 Å². The van der Waals surface area contributed by atoms with Gasteiger partial charge in [0.05, 0.1) is 34.5 Å². The summed E-state index contributed by atoms with van der Waals surface area (Å²) in [6.45, 7) is 5.77. The Balaban J connectivity index is 1.53. The molecular weight excluding hydrogens is 518 g/mol. The van der Waals surface area contributed by atoms with Gasteiger partial charge in [0.15, 0.2) is 5.75 Å². The molecule has 2 aromatic heterocycles. The van der Waals surface area contributed by atoms with Crippen LogP contribution in [0, 0.1) is 0 Å². The number of alkyl halides is 2. The van der Waals surface area contributed by atoms with Crippen molar-refractivity contribution in [1.82, 2.24) is 25.1 Å². The average Bonchev–Trinajstić information content (AvgIpc) is 3.29. The maximum absolute atomic E-state index is 13.5. The van der Waals surface area contributed by atoms with E-state index in [1.54, 1.807) is 23.0 Å². The molecule has 1 amide bonds. The van der Waals surface area contributed by atoms with Crippen LogP contribution in [0.5, 0.6) is 5.75 Å². The monoisotopic (exact) mass is 548 g/mol. The molecule has 0 bridgehead atoms.